The lowest BCUT2D eigenvalue weighted by atomic mass is 9.92. The van der Waals surface area contributed by atoms with E-state index >= 15 is 0 Å². The molecule has 5 nitrogen and oxygen atoms in total. The molecule has 1 N–H and O–H groups in total. The normalized spacial score (nSPS) is 14.6. The summed E-state index contributed by atoms with van der Waals surface area (Å²) in [4.78, 5) is 29.2. The van der Waals surface area contributed by atoms with Crippen LogP contribution in [0.3, 0.4) is 0 Å². The van der Waals surface area contributed by atoms with Gasteiger partial charge < -0.3 is 14.8 Å². The molecule has 1 aliphatic carbocycles. The third kappa shape index (κ3) is 5.98. The van der Waals surface area contributed by atoms with E-state index in [9.17, 15) is 9.59 Å². The highest BCUT2D eigenvalue weighted by Crippen LogP contribution is 2.33. The van der Waals surface area contributed by atoms with Crippen molar-refractivity contribution in [2.24, 2.45) is 0 Å². The SMILES string of the molecule is CC1=CC(C)=C(CNC(=O)c2cc(SCCCN(C)C)cc3c2c(C)cn3C(C)C)C(=O)C1. The van der Waals surface area contributed by atoms with Gasteiger partial charge in [0.2, 0.25) is 0 Å². The van der Waals surface area contributed by atoms with Crippen molar-refractivity contribution in [1.82, 2.24) is 14.8 Å². The Morgan fingerprint density at radius 2 is 1.94 bits per heavy atom. The predicted octanol–water partition coefficient (Wildman–Crippen LogP) is 5.54. The van der Waals surface area contributed by atoms with Gasteiger partial charge in [-0.2, -0.15) is 0 Å². The summed E-state index contributed by atoms with van der Waals surface area (Å²) in [5, 5.41) is 4.04. The number of hydrogen-bond acceptors (Lipinski definition) is 4. The van der Waals surface area contributed by atoms with Crippen LogP contribution in [-0.2, 0) is 4.79 Å². The van der Waals surface area contributed by atoms with E-state index in [-0.39, 0.29) is 18.2 Å². The lowest BCUT2D eigenvalue weighted by Crippen LogP contribution is -2.29. The maximum absolute atomic E-state index is 13.4. The van der Waals surface area contributed by atoms with Gasteiger partial charge in [0, 0.05) is 41.1 Å². The number of ketones is 1. The van der Waals surface area contributed by atoms with Gasteiger partial charge in [-0.25, -0.2) is 0 Å². The van der Waals surface area contributed by atoms with Crippen LogP contribution in [0.1, 0.15) is 62.5 Å². The summed E-state index contributed by atoms with van der Waals surface area (Å²) in [6, 6.07) is 4.53. The molecule has 0 aliphatic heterocycles. The van der Waals surface area contributed by atoms with Gasteiger partial charge >= 0.3 is 0 Å². The zero-order valence-electron chi connectivity index (χ0n) is 21.0. The topological polar surface area (TPSA) is 54.3 Å². The van der Waals surface area contributed by atoms with Gasteiger partial charge in [0.05, 0.1) is 11.1 Å². The van der Waals surface area contributed by atoms with E-state index in [2.05, 4.69) is 61.9 Å². The van der Waals surface area contributed by atoms with Crippen LogP contribution in [0, 0.1) is 6.92 Å². The average molecular weight is 468 g/mol. The van der Waals surface area contributed by atoms with Crippen molar-refractivity contribution in [3.8, 4) is 0 Å². The summed E-state index contributed by atoms with van der Waals surface area (Å²) in [7, 11) is 4.17. The largest absolute Gasteiger partial charge is 0.348 e. The number of hydrogen-bond donors (Lipinski definition) is 1. The Kier molecular flexibility index (Phi) is 8.24. The highest BCUT2D eigenvalue weighted by atomic mass is 32.2. The average Bonchev–Trinajstić information content (AvgIpc) is 3.06. The minimum Gasteiger partial charge on any atom is -0.348 e. The van der Waals surface area contributed by atoms with Gasteiger partial charge in [0.1, 0.15) is 0 Å². The van der Waals surface area contributed by atoms with Crippen LogP contribution in [0.25, 0.3) is 10.9 Å². The molecule has 0 fully saturated rings. The van der Waals surface area contributed by atoms with E-state index in [0.717, 1.165) is 51.2 Å². The summed E-state index contributed by atoms with van der Waals surface area (Å²) < 4.78 is 2.25. The minimum atomic E-state index is -0.125. The number of rotatable bonds is 9. The first-order chi connectivity index (χ1) is 15.6. The van der Waals surface area contributed by atoms with Crippen molar-refractivity contribution in [3.05, 3.63) is 52.3 Å². The highest BCUT2D eigenvalue weighted by molar-refractivity contribution is 7.99. The molecule has 0 saturated carbocycles. The first-order valence-electron chi connectivity index (χ1n) is 11.7. The van der Waals surface area contributed by atoms with E-state index < -0.39 is 0 Å². The fraction of sp³-hybridized carbons (Fsp3) is 0.481. The number of allylic oxidation sites excluding steroid dienone is 3. The third-order valence-electron chi connectivity index (χ3n) is 6.06. The number of thioether (sulfide) groups is 1. The standard InChI is InChI=1S/C27H37N3O2S/c1-17(2)30-16-20(5)26-22(13-21(14-24(26)30)33-10-8-9-29(6)7)27(32)28-15-23-19(4)11-18(3)12-25(23)31/h11,13-14,16-17H,8-10,12,15H2,1-7H3,(H,28,32). The number of aromatic nitrogens is 1. The molecule has 1 aliphatic rings. The number of benzene rings is 1. The van der Waals surface area contributed by atoms with Crippen molar-refractivity contribution in [3.63, 3.8) is 0 Å². The molecule has 178 valence electrons. The van der Waals surface area contributed by atoms with Gasteiger partial charge in [0.25, 0.3) is 5.91 Å². The van der Waals surface area contributed by atoms with Crippen LogP contribution in [-0.4, -0.2) is 54.1 Å². The molecule has 6 heteroatoms. The number of nitrogens with zero attached hydrogens (tertiary/aromatic N) is 2. The molecule has 3 rings (SSSR count). The quantitative estimate of drug-likeness (QED) is 0.389. The van der Waals surface area contributed by atoms with E-state index in [0.29, 0.717) is 23.6 Å². The Hall–Kier alpha value is -2.31. The molecular formula is C27H37N3O2S. The van der Waals surface area contributed by atoms with E-state index in [1.165, 1.54) is 0 Å². The first kappa shape index (κ1) is 25.3. The van der Waals surface area contributed by atoms with Crippen LogP contribution < -0.4 is 5.32 Å². The van der Waals surface area contributed by atoms with Gasteiger partial charge in [-0.3, -0.25) is 9.59 Å². The van der Waals surface area contributed by atoms with E-state index in [1.807, 2.05) is 26.0 Å². The maximum Gasteiger partial charge on any atom is 0.252 e. The number of aryl methyl sites for hydroxylation is 1. The Bertz CT molecular complexity index is 1120. The molecule has 0 atom stereocenters. The Balaban J connectivity index is 1.91. The number of amides is 1. The highest BCUT2D eigenvalue weighted by Gasteiger charge is 2.21. The summed E-state index contributed by atoms with van der Waals surface area (Å²) in [6.07, 6.45) is 5.70. The number of carbonyl (C=O) groups excluding carboxylic acids is 2. The summed E-state index contributed by atoms with van der Waals surface area (Å²) in [6.45, 7) is 11.6. The molecule has 0 unspecified atom stereocenters. The van der Waals surface area contributed by atoms with Crippen LogP contribution in [0.15, 0.2) is 46.0 Å². The van der Waals surface area contributed by atoms with Gasteiger partial charge in [0.15, 0.2) is 5.78 Å². The van der Waals surface area contributed by atoms with Gasteiger partial charge in [-0.15, -0.1) is 11.8 Å². The molecule has 2 aromatic rings. The minimum absolute atomic E-state index is 0.102. The Morgan fingerprint density at radius 1 is 1.21 bits per heavy atom. The fourth-order valence-electron chi connectivity index (χ4n) is 4.41. The predicted molar refractivity (Wildman–Crippen MR) is 139 cm³/mol. The molecule has 0 radical (unpaired) electrons. The van der Waals surface area contributed by atoms with E-state index in [1.54, 1.807) is 11.8 Å². The second-order valence-corrected chi connectivity index (χ2v) is 10.8. The lowest BCUT2D eigenvalue weighted by molar-refractivity contribution is -0.115. The molecule has 0 saturated heterocycles. The molecule has 1 amide bonds. The molecule has 1 heterocycles. The van der Waals surface area contributed by atoms with Crippen LogP contribution in [0.2, 0.25) is 0 Å². The monoisotopic (exact) mass is 467 g/mol. The van der Waals surface area contributed by atoms with Crippen LogP contribution >= 0.6 is 11.8 Å². The molecule has 0 spiro atoms. The van der Waals surface area contributed by atoms with Crippen molar-refractivity contribution in [2.45, 2.75) is 58.4 Å². The van der Waals surface area contributed by atoms with Crippen LogP contribution in [0.5, 0.6) is 0 Å². The lowest BCUT2D eigenvalue weighted by Gasteiger charge is -2.17. The molecule has 0 bridgehead atoms. The summed E-state index contributed by atoms with van der Waals surface area (Å²) in [5.74, 6) is 0.975. The van der Waals surface area contributed by atoms with Gasteiger partial charge in [-0.05, 0) is 90.7 Å². The number of fused-ring (bicyclic) bond motifs is 1. The van der Waals surface area contributed by atoms with E-state index in [4.69, 9.17) is 0 Å². The second kappa shape index (κ2) is 10.7. The maximum atomic E-state index is 13.4. The smallest absolute Gasteiger partial charge is 0.252 e. The molecule has 33 heavy (non-hydrogen) atoms. The van der Waals surface area contributed by atoms with Gasteiger partial charge in [-0.1, -0.05) is 11.6 Å². The van der Waals surface area contributed by atoms with Crippen molar-refractivity contribution >= 4 is 34.4 Å². The molecule has 1 aromatic carbocycles. The summed E-state index contributed by atoms with van der Waals surface area (Å²) >= 11 is 1.79. The fourth-order valence-corrected chi connectivity index (χ4v) is 5.32. The first-order valence-corrected chi connectivity index (χ1v) is 12.7. The van der Waals surface area contributed by atoms with Crippen molar-refractivity contribution in [2.75, 3.05) is 32.9 Å². The zero-order chi connectivity index (χ0) is 24.3. The third-order valence-corrected chi connectivity index (χ3v) is 7.12. The number of Topliss-reactive ketones (excluding diaryl/α,β-unsaturated/α-hetero) is 1. The summed E-state index contributed by atoms with van der Waals surface area (Å²) in [5.41, 5.74) is 5.59. The zero-order valence-corrected chi connectivity index (χ0v) is 21.9. The molecule has 1 aromatic heterocycles. The Labute approximate surface area is 202 Å². The van der Waals surface area contributed by atoms with Crippen LogP contribution in [0.4, 0.5) is 0 Å². The second-order valence-electron chi connectivity index (χ2n) is 9.62. The molecular weight excluding hydrogens is 430 g/mol. The number of carbonyl (C=O) groups is 2. The number of nitrogens with one attached hydrogen (secondary N) is 1. The Morgan fingerprint density at radius 3 is 2.58 bits per heavy atom. The van der Waals surface area contributed by atoms with Crippen molar-refractivity contribution < 1.29 is 9.59 Å². The van der Waals surface area contributed by atoms with Crippen molar-refractivity contribution in [1.29, 1.82) is 0 Å².